The highest BCUT2D eigenvalue weighted by molar-refractivity contribution is 5.60. The second kappa shape index (κ2) is 7.04. The molecular formula is C21H20N2O3. The van der Waals surface area contributed by atoms with Crippen LogP contribution in [0.15, 0.2) is 65.7 Å². The maximum absolute atomic E-state index is 5.58. The first-order valence-corrected chi connectivity index (χ1v) is 8.61. The highest BCUT2D eigenvalue weighted by Crippen LogP contribution is 2.54. The number of hydrogen-bond acceptors (Lipinski definition) is 5. The predicted octanol–water partition coefficient (Wildman–Crippen LogP) is 4.58. The summed E-state index contributed by atoms with van der Waals surface area (Å²) in [6.07, 6.45) is 2.74. The molecule has 1 heterocycles. The zero-order chi connectivity index (χ0) is 17.9. The first-order chi connectivity index (χ1) is 12.8. The third kappa shape index (κ3) is 3.20. The number of ether oxygens (including phenoxy) is 2. The van der Waals surface area contributed by atoms with E-state index in [2.05, 4.69) is 41.0 Å². The van der Waals surface area contributed by atoms with Crippen molar-refractivity contribution in [3.63, 3.8) is 0 Å². The molecule has 26 heavy (non-hydrogen) atoms. The van der Waals surface area contributed by atoms with Gasteiger partial charge in [0.2, 0.25) is 11.7 Å². The zero-order valence-electron chi connectivity index (χ0n) is 14.6. The first kappa shape index (κ1) is 16.4. The summed E-state index contributed by atoms with van der Waals surface area (Å²) >= 11 is 0. The standard InChI is InChI=1S/C21H20N2O3/c1-3-11-25-18-10-9-15(12-19(18)24-2)20-22-21(26-23-20)17-13-16(17)14-7-5-4-6-8-14/h3-10,12,16-17H,1,11,13H2,2H3/t16-,17+/m0/s1. The van der Waals surface area contributed by atoms with E-state index >= 15 is 0 Å². The summed E-state index contributed by atoms with van der Waals surface area (Å²) in [7, 11) is 1.61. The van der Waals surface area contributed by atoms with Crippen LogP contribution in [-0.4, -0.2) is 23.9 Å². The molecule has 0 aliphatic heterocycles. The molecule has 5 heteroatoms. The van der Waals surface area contributed by atoms with Gasteiger partial charge >= 0.3 is 0 Å². The lowest BCUT2D eigenvalue weighted by Gasteiger charge is -2.09. The van der Waals surface area contributed by atoms with Gasteiger partial charge in [-0.25, -0.2) is 0 Å². The van der Waals surface area contributed by atoms with E-state index in [1.54, 1.807) is 13.2 Å². The molecule has 0 spiro atoms. The molecule has 0 bridgehead atoms. The molecule has 0 unspecified atom stereocenters. The van der Waals surface area contributed by atoms with Gasteiger partial charge in [0.15, 0.2) is 11.5 Å². The summed E-state index contributed by atoms with van der Waals surface area (Å²) in [5.41, 5.74) is 2.15. The zero-order valence-corrected chi connectivity index (χ0v) is 14.6. The van der Waals surface area contributed by atoms with Gasteiger partial charge in [-0.05, 0) is 36.1 Å². The number of aromatic nitrogens is 2. The summed E-state index contributed by atoms with van der Waals surface area (Å²) < 4.78 is 16.5. The van der Waals surface area contributed by atoms with Crippen molar-refractivity contribution in [1.29, 1.82) is 0 Å². The number of benzene rings is 2. The van der Waals surface area contributed by atoms with Crippen LogP contribution in [0.3, 0.4) is 0 Å². The Bertz CT molecular complexity index is 905. The Balaban J connectivity index is 1.52. The van der Waals surface area contributed by atoms with Gasteiger partial charge in [-0.3, -0.25) is 0 Å². The molecule has 2 aromatic carbocycles. The van der Waals surface area contributed by atoms with E-state index in [0.717, 1.165) is 12.0 Å². The van der Waals surface area contributed by atoms with Crippen LogP contribution < -0.4 is 9.47 Å². The van der Waals surface area contributed by atoms with Gasteiger partial charge in [-0.15, -0.1) is 0 Å². The molecular weight excluding hydrogens is 328 g/mol. The molecule has 0 amide bonds. The van der Waals surface area contributed by atoms with Gasteiger partial charge < -0.3 is 14.0 Å². The molecule has 4 rings (SSSR count). The van der Waals surface area contributed by atoms with Crippen LogP contribution in [-0.2, 0) is 0 Å². The van der Waals surface area contributed by atoms with E-state index in [-0.39, 0.29) is 0 Å². The van der Waals surface area contributed by atoms with Crippen molar-refractivity contribution in [2.45, 2.75) is 18.3 Å². The quantitative estimate of drug-likeness (QED) is 0.585. The second-order valence-electron chi connectivity index (χ2n) is 6.28. The molecule has 1 fully saturated rings. The molecule has 0 N–H and O–H groups in total. The molecule has 1 aliphatic carbocycles. The van der Waals surface area contributed by atoms with E-state index < -0.39 is 0 Å². The topological polar surface area (TPSA) is 57.4 Å². The number of methoxy groups -OCH3 is 1. The summed E-state index contributed by atoms with van der Waals surface area (Å²) in [6.45, 7) is 4.07. The van der Waals surface area contributed by atoms with Crippen molar-refractivity contribution in [3.05, 3.63) is 72.6 Å². The van der Waals surface area contributed by atoms with Crippen molar-refractivity contribution in [2.24, 2.45) is 0 Å². The maximum Gasteiger partial charge on any atom is 0.230 e. The van der Waals surface area contributed by atoms with Gasteiger partial charge in [0, 0.05) is 11.5 Å². The molecule has 0 saturated heterocycles. The summed E-state index contributed by atoms with van der Waals surface area (Å²) in [6, 6.07) is 16.0. The molecule has 2 atom stereocenters. The normalized spacial score (nSPS) is 18.3. The molecule has 0 radical (unpaired) electrons. The minimum atomic E-state index is 0.302. The van der Waals surface area contributed by atoms with Gasteiger partial charge in [-0.2, -0.15) is 4.98 Å². The minimum absolute atomic E-state index is 0.302. The molecule has 1 saturated carbocycles. The number of nitrogens with zero attached hydrogens (tertiary/aromatic N) is 2. The van der Waals surface area contributed by atoms with Crippen molar-refractivity contribution >= 4 is 0 Å². The average molecular weight is 348 g/mol. The van der Waals surface area contributed by atoms with Gasteiger partial charge in [-0.1, -0.05) is 48.1 Å². The lowest BCUT2D eigenvalue weighted by molar-refractivity contribution is 0.326. The fourth-order valence-electron chi connectivity index (χ4n) is 3.11. The lowest BCUT2D eigenvalue weighted by Crippen LogP contribution is -1.96. The fourth-order valence-corrected chi connectivity index (χ4v) is 3.11. The number of hydrogen-bond donors (Lipinski definition) is 0. The lowest BCUT2D eigenvalue weighted by atomic mass is 10.1. The highest BCUT2D eigenvalue weighted by atomic mass is 16.5. The summed E-state index contributed by atoms with van der Waals surface area (Å²) in [4.78, 5) is 4.60. The Hall–Kier alpha value is -3.08. The smallest absolute Gasteiger partial charge is 0.230 e. The Labute approximate surface area is 152 Å². The minimum Gasteiger partial charge on any atom is -0.493 e. The van der Waals surface area contributed by atoms with E-state index in [9.17, 15) is 0 Å². The Morgan fingerprint density at radius 1 is 1.15 bits per heavy atom. The van der Waals surface area contributed by atoms with Crippen LogP contribution in [0.1, 0.15) is 29.7 Å². The molecule has 1 aromatic heterocycles. The predicted molar refractivity (Wildman–Crippen MR) is 98.5 cm³/mol. The van der Waals surface area contributed by atoms with E-state index in [4.69, 9.17) is 14.0 Å². The van der Waals surface area contributed by atoms with Crippen molar-refractivity contribution in [1.82, 2.24) is 10.1 Å². The third-order valence-corrected chi connectivity index (χ3v) is 4.56. The van der Waals surface area contributed by atoms with E-state index in [1.807, 2.05) is 24.3 Å². The molecule has 5 nitrogen and oxygen atoms in total. The van der Waals surface area contributed by atoms with Crippen molar-refractivity contribution in [2.75, 3.05) is 13.7 Å². The Kier molecular flexibility index (Phi) is 4.44. The monoisotopic (exact) mass is 348 g/mol. The SMILES string of the molecule is C=CCOc1ccc(-c2noc([C@@H]3C[C@H]3c3ccccc3)n2)cc1OC. The number of rotatable bonds is 7. The van der Waals surface area contributed by atoms with Crippen molar-refractivity contribution < 1.29 is 14.0 Å². The van der Waals surface area contributed by atoms with Crippen LogP contribution in [0, 0.1) is 0 Å². The fraction of sp³-hybridized carbons (Fsp3) is 0.238. The molecule has 132 valence electrons. The second-order valence-corrected chi connectivity index (χ2v) is 6.28. The van der Waals surface area contributed by atoms with Crippen LogP contribution >= 0.6 is 0 Å². The summed E-state index contributed by atoms with van der Waals surface area (Å²) in [5.74, 6) is 3.31. The van der Waals surface area contributed by atoms with Crippen LogP contribution in [0.25, 0.3) is 11.4 Å². The van der Waals surface area contributed by atoms with Gasteiger partial charge in [0.1, 0.15) is 6.61 Å². The van der Waals surface area contributed by atoms with Crippen LogP contribution in [0.2, 0.25) is 0 Å². The third-order valence-electron chi connectivity index (χ3n) is 4.56. The Morgan fingerprint density at radius 2 is 2.00 bits per heavy atom. The van der Waals surface area contributed by atoms with Crippen LogP contribution in [0.4, 0.5) is 0 Å². The van der Waals surface area contributed by atoms with Crippen molar-refractivity contribution in [3.8, 4) is 22.9 Å². The molecule has 3 aromatic rings. The van der Waals surface area contributed by atoms with Gasteiger partial charge in [0.05, 0.1) is 7.11 Å². The molecule has 1 aliphatic rings. The van der Waals surface area contributed by atoms with E-state index in [1.165, 1.54) is 5.56 Å². The summed E-state index contributed by atoms with van der Waals surface area (Å²) in [5, 5.41) is 4.14. The largest absolute Gasteiger partial charge is 0.493 e. The highest BCUT2D eigenvalue weighted by Gasteiger charge is 2.43. The van der Waals surface area contributed by atoms with Crippen LogP contribution in [0.5, 0.6) is 11.5 Å². The average Bonchev–Trinajstić information content (AvgIpc) is 3.35. The maximum atomic E-state index is 5.58. The first-order valence-electron chi connectivity index (χ1n) is 8.61. The Morgan fingerprint density at radius 3 is 2.77 bits per heavy atom. The van der Waals surface area contributed by atoms with E-state index in [0.29, 0.717) is 41.7 Å². The van der Waals surface area contributed by atoms with Gasteiger partial charge in [0.25, 0.3) is 0 Å².